The molecule has 0 spiro atoms. The van der Waals surface area contributed by atoms with Crippen molar-refractivity contribution in [3.05, 3.63) is 30.2 Å². The molecule has 0 saturated heterocycles. The highest BCUT2D eigenvalue weighted by molar-refractivity contribution is 5.85. The summed E-state index contributed by atoms with van der Waals surface area (Å²) in [4.78, 5) is 12.8. The standard InChI is InChI=1S/C18H25N5O.2ClH/c1-11(17-22-21-15-7-2-3-8-23(15)17)20-18(24)14-9-12-5-4-6-13(10-14)16(12)19;;/h2-3,7-8,11-14,16H,4-6,9-10,19H2,1H3,(H,20,24);2*1H. The number of nitrogens with two attached hydrogens (primary N) is 1. The highest BCUT2D eigenvalue weighted by atomic mass is 35.5. The number of amides is 1. The number of carbonyl (C=O) groups is 1. The van der Waals surface area contributed by atoms with Crippen LogP contribution in [0.1, 0.15) is 50.9 Å². The summed E-state index contributed by atoms with van der Waals surface area (Å²) < 4.78 is 1.93. The topological polar surface area (TPSA) is 85.3 Å². The minimum absolute atomic E-state index is 0. The molecule has 3 atom stereocenters. The molecule has 2 aromatic rings. The van der Waals surface area contributed by atoms with Crippen LogP contribution in [0.3, 0.4) is 0 Å². The summed E-state index contributed by atoms with van der Waals surface area (Å²) in [6.07, 6.45) is 7.39. The lowest BCUT2D eigenvalue weighted by Crippen LogP contribution is -2.49. The number of nitrogens with zero attached hydrogens (tertiary/aromatic N) is 3. The van der Waals surface area contributed by atoms with E-state index >= 15 is 0 Å². The fourth-order valence-corrected chi connectivity index (χ4v) is 4.55. The van der Waals surface area contributed by atoms with Crippen LogP contribution in [0.4, 0.5) is 0 Å². The van der Waals surface area contributed by atoms with E-state index in [1.54, 1.807) is 0 Å². The van der Waals surface area contributed by atoms with Gasteiger partial charge in [-0.25, -0.2) is 0 Å². The van der Waals surface area contributed by atoms with Crippen LogP contribution in [0.2, 0.25) is 0 Å². The summed E-state index contributed by atoms with van der Waals surface area (Å²) in [6, 6.07) is 5.92. The van der Waals surface area contributed by atoms with Crippen LogP contribution in [0.15, 0.2) is 24.4 Å². The Morgan fingerprint density at radius 3 is 2.62 bits per heavy atom. The fraction of sp³-hybridized carbons (Fsp3) is 0.611. The first-order chi connectivity index (χ1) is 11.6. The van der Waals surface area contributed by atoms with E-state index in [1.807, 2.05) is 35.7 Å². The largest absolute Gasteiger partial charge is 0.346 e. The van der Waals surface area contributed by atoms with Crippen LogP contribution in [-0.4, -0.2) is 26.5 Å². The number of hydrogen-bond acceptors (Lipinski definition) is 4. The third-order valence-corrected chi connectivity index (χ3v) is 5.87. The first-order valence-corrected chi connectivity index (χ1v) is 8.99. The Bertz CT molecular complexity index is 738. The number of hydrogen-bond donors (Lipinski definition) is 2. The minimum Gasteiger partial charge on any atom is -0.346 e. The molecule has 2 aliphatic carbocycles. The van der Waals surface area contributed by atoms with Crippen LogP contribution in [0.25, 0.3) is 5.65 Å². The number of fused-ring (bicyclic) bond motifs is 3. The normalized spacial score (nSPS) is 28.5. The van der Waals surface area contributed by atoms with Crippen molar-refractivity contribution in [1.29, 1.82) is 0 Å². The van der Waals surface area contributed by atoms with Gasteiger partial charge in [-0.05, 0) is 56.6 Å². The zero-order chi connectivity index (χ0) is 16.7. The van der Waals surface area contributed by atoms with Crippen molar-refractivity contribution in [3.63, 3.8) is 0 Å². The summed E-state index contributed by atoms with van der Waals surface area (Å²) >= 11 is 0. The summed E-state index contributed by atoms with van der Waals surface area (Å²) in [5, 5.41) is 11.5. The molecule has 144 valence electrons. The second kappa shape index (κ2) is 8.55. The third-order valence-electron chi connectivity index (χ3n) is 5.87. The van der Waals surface area contributed by atoms with Gasteiger partial charge < -0.3 is 11.1 Å². The second-order valence-electron chi connectivity index (χ2n) is 7.41. The predicted octanol–water partition coefficient (Wildman–Crippen LogP) is 2.90. The first kappa shape index (κ1) is 20.9. The summed E-state index contributed by atoms with van der Waals surface area (Å²) in [5.74, 6) is 2.02. The van der Waals surface area contributed by atoms with Gasteiger partial charge in [0.05, 0.1) is 6.04 Å². The van der Waals surface area contributed by atoms with Crippen LogP contribution in [0.5, 0.6) is 0 Å². The first-order valence-electron chi connectivity index (χ1n) is 8.99. The molecular weight excluding hydrogens is 373 g/mol. The van der Waals surface area contributed by atoms with E-state index in [-0.39, 0.29) is 42.7 Å². The molecule has 4 rings (SSSR count). The Hall–Kier alpha value is -1.37. The fourth-order valence-electron chi connectivity index (χ4n) is 4.55. The minimum atomic E-state index is -0.162. The molecule has 26 heavy (non-hydrogen) atoms. The number of carbonyl (C=O) groups excluding carboxylic acids is 1. The Morgan fingerprint density at radius 1 is 1.23 bits per heavy atom. The van der Waals surface area contributed by atoms with E-state index < -0.39 is 0 Å². The molecular formula is C18H27Cl2N5O. The van der Waals surface area contributed by atoms with Gasteiger partial charge >= 0.3 is 0 Å². The van der Waals surface area contributed by atoms with Crippen molar-refractivity contribution in [2.75, 3.05) is 0 Å². The summed E-state index contributed by atoms with van der Waals surface area (Å²) in [6.45, 7) is 1.97. The maximum atomic E-state index is 12.8. The molecule has 0 aliphatic heterocycles. The smallest absolute Gasteiger partial charge is 0.223 e. The molecule has 8 heteroatoms. The number of nitrogens with one attached hydrogen (secondary N) is 1. The molecule has 0 aromatic carbocycles. The molecule has 3 N–H and O–H groups in total. The second-order valence-corrected chi connectivity index (χ2v) is 7.41. The van der Waals surface area contributed by atoms with Crippen molar-refractivity contribution in [2.45, 2.75) is 51.1 Å². The number of rotatable bonds is 3. The van der Waals surface area contributed by atoms with Gasteiger partial charge in [-0.1, -0.05) is 12.5 Å². The van der Waals surface area contributed by atoms with Gasteiger partial charge in [-0.2, -0.15) is 0 Å². The van der Waals surface area contributed by atoms with Crippen LogP contribution < -0.4 is 11.1 Å². The lowest BCUT2D eigenvalue weighted by molar-refractivity contribution is -0.128. The van der Waals surface area contributed by atoms with Crippen molar-refractivity contribution < 1.29 is 4.79 Å². The summed E-state index contributed by atoms with van der Waals surface area (Å²) in [5.41, 5.74) is 7.13. The molecule has 2 bridgehead atoms. The molecule has 1 amide bonds. The maximum absolute atomic E-state index is 12.8. The van der Waals surface area contributed by atoms with Gasteiger partial charge in [0.15, 0.2) is 11.5 Å². The van der Waals surface area contributed by atoms with Gasteiger partial charge in [0.25, 0.3) is 0 Å². The highest BCUT2D eigenvalue weighted by Crippen LogP contribution is 2.42. The number of halogens is 2. The van der Waals surface area contributed by atoms with Crippen LogP contribution in [0, 0.1) is 17.8 Å². The van der Waals surface area contributed by atoms with Gasteiger partial charge in [0, 0.05) is 18.2 Å². The van der Waals surface area contributed by atoms with Gasteiger partial charge in [-0.15, -0.1) is 35.0 Å². The molecule has 3 unspecified atom stereocenters. The Labute approximate surface area is 166 Å². The third kappa shape index (κ3) is 3.82. The summed E-state index contributed by atoms with van der Waals surface area (Å²) in [7, 11) is 0. The molecule has 2 heterocycles. The Morgan fingerprint density at radius 2 is 1.92 bits per heavy atom. The predicted molar refractivity (Wildman–Crippen MR) is 106 cm³/mol. The zero-order valence-corrected chi connectivity index (χ0v) is 16.5. The Kier molecular flexibility index (Phi) is 6.88. The average Bonchev–Trinajstić information content (AvgIpc) is 2.98. The molecule has 2 saturated carbocycles. The lowest BCUT2D eigenvalue weighted by atomic mass is 9.65. The highest BCUT2D eigenvalue weighted by Gasteiger charge is 2.40. The van der Waals surface area contributed by atoms with E-state index in [1.165, 1.54) is 19.3 Å². The van der Waals surface area contributed by atoms with Crippen LogP contribution in [-0.2, 0) is 4.79 Å². The number of pyridine rings is 1. The van der Waals surface area contributed by atoms with E-state index in [9.17, 15) is 4.79 Å². The molecule has 6 nitrogen and oxygen atoms in total. The quantitative estimate of drug-likeness (QED) is 0.830. The molecule has 2 fully saturated rings. The monoisotopic (exact) mass is 399 g/mol. The zero-order valence-electron chi connectivity index (χ0n) is 14.9. The lowest BCUT2D eigenvalue weighted by Gasteiger charge is -2.43. The van der Waals surface area contributed by atoms with E-state index in [4.69, 9.17) is 5.73 Å². The van der Waals surface area contributed by atoms with E-state index in [0.29, 0.717) is 17.9 Å². The van der Waals surface area contributed by atoms with E-state index in [2.05, 4.69) is 15.5 Å². The molecule has 2 aromatic heterocycles. The van der Waals surface area contributed by atoms with Crippen molar-refractivity contribution >= 4 is 36.4 Å². The SMILES string of the molecule is CC(NC(=O)C1CC2CCCC(C1)C2N)c1nnc2ccccn12.Cl.Cl. The Balaban J connectivity index is 0.00000121. The van der Waals surface area contributed by atoms with Crippen molar-refractivity contribution in [1.82, 2.24) is 19.9 Å². The van der Waals surface area contributed by atoms with Crippen LogP contribution >= 0.6 is 24.8 Å². The maximum Gasteiger partial charge on any atom is 0.223 e. The van der Waals surface area contributed by atoms with Gasteiger partial charge in [0.1, 0.15) is 0 Å². The van der Waals surface area contributed by atoms with E-state index in [0.717, 1.165) is 24.3 Å². The number of aromatic nitrogens is 3. The average molecular weight is 400 g/mol. The van der Waals surface area contributed by atoms with Crippen molar-refractivity contribution in [2.24, 2.45) is 23.5 Å². The molecule has 2 aliphatic rings. The van der Waals surface area contributed by atoms with Gasteiger partial charge in [0.2, 0.25) is 5.91 Å². The molecule has 0 radical (unpaired) electrons. The van der Waals surface area contributed by atoms with Gasteiger partial charge in [-0.3, -0.25) is 9.20 Å². The van der Waals surface area contributed by atoms with Crippen molar-refractivity contribution in [3.8, 4) is 0 Å².